The molecule has 0 amide bonds. The number of nitrogens with zero attached hydrogens (tertiary/aromatic N) is 2. The molecule has 3 nitrogen and oxygen atoms in total. The molecule has 0 spiro atoms. The highest BCUT2D eigenvalue weighted by molar-refractivity contribution is 7.07. The van der Waals surface area contributed by atoms with Crippen molar-refractivity contribution >= 4 is 11.3 Å². The van der Waals surface area contributed by atoms with Gasteiger partial charge in [0.1, 0.15) is 0 Å². The number of nitrogens with two attached hydrogens (primary N) is 1. The minimum atomic E-state index is 0.181. The summed E-state index contributed by atoms with van der Waals surface area (Å²) in [5.41, 5.74) is 7.56. The van der Waals surface area contributed by atoms with E-state index in [4.69, 9.17) is 5.73 Å². The van der Waals surface area contributed by atoms with Crippen LogP contribution < -0.4 is 5.73 Å². The second-order valence-corrected chi connectivity index (χ2v) is 5.97. The molecule has 2 rings (SSSR count). The zero-order chi connectivity index (χ0) is 12.4. The molecule has 1 aliphatic heterocycles. The Kier molecular flexibility index (Phi) is 4.20. The van der Waals surface area contributed by atoms with Gasteiger partial charge >= 0.3 is 0 Å². The topological polar surface area (TPSA) is 32.5 Å². The lowest BCUT2D eigenvalue weighted by Crippen LogP contribution is -2.53. The zero-order valence-electron chi connectivity index (χ0n) is 11.0. The highest BCUT2D eigenvalue weighted by Gasteiger charge is 2.29. The van der Waals surface area contributed by atoms with Crippen molar-refractivity contribution in [3.63, 3.8) is 0 Å². The van der Waals surface area contributed by atoms with E-state index in [2.05, 4.69) is 47.5 Å². The van der Waals surface area contributed by atoms with Crippen LogP contribution in [0.25, 0.3) is 0 Å². The molecule has 1 aromatic rings. The average molecular weight is 253 g/mol. The second-order valence-electron chi connectivity index (χ2n) is 5.19. The van der Waals surface area contributed by atoms with Crippen molar-refractivity contribution in [3.8, 4) is 0 Å². The summed E-state index contributed by atoms with van der Waals surface area (Å²) in [5, 5.41) is 4.38. The summed E-state index contributed by atoms with van der Waals surface area (Å²) in [7, 11) is 2.20. The van der Waals surface area contributed by atoms with Crippen molar-refractivity contribution in [1.29, 1.82) is 0 Å². The van der Waals surface area contributed by atoms with Gasteiger partial charge < -0.3 is 10.6 Å². The van der Waals surface area contributed by atoms with E-state index in [0.29, 0.717) is 12.1 Å². The van der Waals surface area contributed by atoms with Crippen LogP contribution in [0, 0.1) is 0 Å². The third kappa shape index (κ3) is 2.88. The Morgan fingerprint density at radius 3 is 2.76 bits per heavy atom. The Hall–Kier alpha value is -0.420. The summed E-state index contributed by atoms with van der Waals surface area (Å²) in [6.45, 7) is 7.76. The number of hydrogen-bond acceptors (Lipinski definition) is 4. The molecule has 0 radical (unpaired) electrons. The van der Waals surface area contributed by atoms with E-state index in [1.165, 1.54) is 5.56 Å². The molecule has 96 valence electrons. The first-order valence-corrected chi connectivity index (χ1v) is 7.26. The number of hydrogen-bond donors (Lipinski definition) is 1. The highest BCUT2D eigenvalue weighted by Crippen LogP contribution is 2.27. The molecule has 0 aliphatic carbocycles. The molecule has 1 aliphatic rings. The SMILES string of the molecule is CC(N)C(c1ccsc1)N1CCN(C)C(C)C1. The van der Waals surface area contributed by atoms with Gasteiger partial charge in [-0.3, -0.25) is 4.90 Å². The van der Waals surface area contributed by atoms with Crippen molar-refractivity contribution in [1.82, 2.24) is 9.80 Å². The van der Waals surface area contributed by atoms with Crippen LogP contribution in [0.5, 0.6) is 0 Å². The maximum Gasteiger partial charge on any atom is 0.0505 e. The van der Waals surface area contributed by atoms with Gasteiger partial charge in [-0.25, -0.2) is 0 Å². The van der Waals surface area contributed by atoms with Crippen molar-refractivity contribution in [2.75, 3.05) is 26.7 Å². The Labute approximate surface area is 108 Å². The smallest absolute Gasteiger partial charge is 0.0505 e. The Morgan fingerprint density at radius 2 is 2.24 bits per heavy atom. The molecule has 0 saturated carbocycles. The molecule has 2 heterocycles. The van der Waals surface area contributed by atoms with Crippen molar-refractivity contribution in [2.24, 2.45) is 5.73 Å². The van der Waals surface area contributed by atoms with Gasteiger partial charge in [-0.2, -0.15) is 11.3 Å². The van der Waals surface area contributed by atoms with Crippen LogP contribution in [0.3, 0.4) is 0 Å². The molecule has 1 aromatic heterocycles. The van der Waals surface area contributed by atoms with Crippen LogP contribution in [0.2, 0.25) is 0 Å². The van der Waals surface area contributed by atoms with E-state index >= 15 is 0 Å². The lowest BCUT2D eigenvalue weighted by molar-refractivity contribution is 0.0640. The van der Waals surface area contributed by atoms with E-state index in [1.807, 2.05) is 0 Å². The number of piperazine rings is 1. The van der Waals surface area contributed by atoms with Crippen LogP contribution in [0.4, 0.5) is 0 Å². The lowest BCUT2D eigenvalue weighted by atomic mass is 10.00. The highest BCUT2D eigenvalue weighted by atomic mass is 32.1. The van der Waals surface area contributed by atoms with Crippen LogP contribution in [-0.2, 0) is 0 Å². The number of thiophene rings is 1. The van der Waals surface area contributed by atoms with Crippen molar-refractivity contribution < 1.29 is 0 Å². The van der Waals surface area contributed by atoms with Crippen LogP contribution in [0.1, 0.15) is 25.5 Å². The summed E-state index contributed by atoms with van der Waals surface area (Å²) >= 11 is 1.76. The van der Waals surface area contributed by atoms with Gasteiger partial charge in [-0.15, -0.1) is 0 Å². The molecule has 17 heavy (non-hydrogen) atoms. The Balaban J connectivity index is 2.12. The predicted octanol–water partition coefficient (Wildman–Crippen LogP) is 1.77. The molecule has 0 aromatic carbocycles. The monoisotopic (exact) mass is 253 g/mol. The predicted molar refractivity (Wildman–Crippen MR) is 74.4 cm³/mol. The third-order valence-electron chi connectivity index (χ3n) is 3.77. The summed E-state index contributed by atoms with van der Waals surface area (Å²) in [6.07, 6.45) is 0. The largest absolute Gasteiger partial charge is 0.326 e. The molecule has 0 bridgehead atoms. The number of likely N-dealkylation sites (N-methyl/N-ethyl adjacent to an activating group) is 1. The third-order valence-corrected chi connectivity index (χ3v) is 4.47. The van der Waals surface area contributed by atoms with E-state index in [9.17, 15) is 0 Å². The first-order chi connectivity index (χ1) is 8.09. The molecule has 4 heteroatoms. The standard InChI is InChI=1S/C13H23N3S/c1-10-8-16(6-5-15(10)3)13(11(2)14)12-4-7-17-9-12/h4,7,9-11,13H,5-6,8,14H2,1-3H3. The summed E-state index contributed by atoms with van der Waals surface area (Å²) < 4.78 is 0. The van der Waals surface area contributed by atoms with E-state index < -0.39 is 0 Å². The van der Waals surface area contributed by atoms with Gasteiger partial charge in [0.2, 0.25) is 0 Å². The van der Waals surface area contributed by atoms with Crippen LogP contribution in [0.15, 0.2) is 16.8 Å². The summed E-state index contributed by atoms with van der Waals surface area (Å²) in [6, 6.07) is 3.38. The summed E-state index contributed by atoms with van der Waals surface area (Å²) in [4.78, 5) is 4.96. The Bertz CT molecular complexity index is 336. The average Bonchev–Trinajstić information content (AvgIpc) is 2.76. The molecule has 2 N–H and O–H groups in total. The van der Waals surface area contributed by atoms with Gasteiger partial charge in [0.05, 0.1) is 6.04 Å². The molecule has 3 atom stereocenters. The lowest BCUT2D eigenvalue weighted by Gasteiger charge is -2.43. The van der Waals surface area contributed by atoms with Gasteiger partial charge in [0.15, 0.2) is 0 Å². The van der Waals surface area contributed by atoms with Gasteiger partial charge in [0, 0.05) is 31.7 Å². The molecular weight excluding hydrogens is 230 g/mol. The maximum absolute atomic E-state index is 6.19. The molecule has 1 fully saturated rings. The quantitative estimate of drug-likeness (QED) is 0.891. The normalized spacial score (nSPS) is 26.9. The second kappa shape index (κ2) is 5.48. The Morgan fingerprint density at radius 1 is 1.47 bits per heavy atom. The summed E-state index contributed by atoms with van der Waals surface area (Å²) in [5.74, 6) is 0. The minimum absolute atomic E-state index is 0.181. The fourth-order valence-corrected chi connectivity index (χ4v) is 3.31. The fourth-order valence-electron chi connectivity index (χ4n) is 2.62. The van der Waals surface area contributed by atoms with Crippen molar-refractivity contribution in [3.05, 3.63) is 22.4 Å². The maximum atomic E-state index is 6.19. The fraction of sp³-hybridized carbons (Fsp3) is 0.692. The molecule has 1 saturated heterocycles. The minimum Gasteiger partial charge on any atom is -0.326 e. The van der Waals surface area contributed by atoms with Crippen LogP contribution in [-0.4, -0.2) is 48.6 Å². The van der Waals surface area contributed by atoms with Gasteiger partial charge in [-0.05, 0) is 43.3 Å². The zero-order valence-corrected chi connectivity index (χ0v) is 11.8. The van der Waals surface area contributed by atoms with Crippen LogP contribution >= 0.6 is 11.3 Å². The first kappa shape index (κ1) is 13.0. The van der Waals surface area contributed by atoms with E-state index in [-0.39, 0.29) is 6.04 Å². The molecular formula is C13H23N3S. The van der Waals surface area contributed by atoms with Gasteiger partial charge in [-0.1, -0.05) is 0 Å². The van der Waals surface area contributed by atoms with E-state index in [1.54, 1.807) is 11.3 Å². The number of rotatable bonds is 3. The van der Waals surface area contributed by atoms with Crippen molar-refractivity contribution in [2.45, 2.75) is 32.0 Å². The molecule has 3 unspecified atom stereocenters. The van der Waals surface area contributed by atoms with Gasteiger partial charge in [0.25, 0.3) is 0 Å². The first-order valence-electron chi connectivity index (χ1n) is 6.31. The van der Waals surface area contributed by atoms with E-state index in [0.717, 1.165) is 19.6 Å².